The molecule has 1 rings (SSSR count). The van der Waals surface area contributed by atoms with Crippen molar-refractivity contribution in [1.29, 1.82) is 0 Å². The fourth-order valence-corrected chi connectivity index (χ4v) is 1.78. The van der Waals surface area contributed by atoms with Gasteiger partial charge in [-0.1, -0.05) is 36.8 Å². The lowest BCUT2D eigenvalue weighted by molar-refractivity contribution is -0.118. The number of unbranched alkanes of at least 4 members (excludes halogenated alkanes) is 2. The molecule has 0 saturated heterocycles. The predicted molar refractivity (Wildman–Crippen MR) is 69.6 cm³/mol. The third-order valence-corrected chi connectivity index (χ3v) is 2.81. The van der Waals surface area contributed by atoms with Gasteiger partial charge >= 0.3 is 0 Å². The normalized spacial score (nSPS) is 10.2. The first-order valence-corrected chi connectivity index (χ1v) is 6.43. The van der Waals surface area contributed by atoms with Crippen molar-refractivity contribution in [3.8, 4) is 0 Å². The predicted octanol–water partition coefficient (Wildman–Crippen LogP) is 3.63. The Morgan fingerprint density at radius 1 is 1.00 bits per heavy atom. The number of Topliss-reactive ketones (excluding diaryl/α,β-unsaturated/α-hetero) is 2. The molecule has 2 nitrogen and oxygen atoms in total. The molecule has 0 amide bonds. The number of ketones is 2. The van der Waals surface area contributed by atoms with Crippen LogP contribution in [0, 0.1) is 0 Å². The maximum Gasteiger partial charge on any atom is 0.170 e. The molecule has 3 heteroatoms. The SMILES string of the molecule is O=C(CCCCCCl)CC(=O)c1ccccc1. The third-order valence-electron chi connectivity index (χ3n) is 2.54. The molecule has 0 aromatic heterocycles. The molecular formula is C14H17ClO2. The monoisotopic (exact) mass is 252 g/mol. The molecule has 0 spiro atoms. The number of hydrogen-bond donors (Lipinski definition) is 0. The lowest BCUT2D eigenvalue weighted by atomic mass is 10.0. The molecule has 0 bridgehead atoms. The number of carbonyl (C=O) groups is 2. The van der Waals surface area contributed by atoms with Crippen LogP contribution < -0.4 is 0 Å². The number of halogens is 1. The molecule has 0 saturated carbocycles. The molecule has 17 heavy (non-hydrogen) atoms. The van der Waals surface area contributed by atoms with E-state index in [2.05, 4.69) is 0 Å². The van der Waals surface area contributed by atoms with E-state index in [9.17, 15) is 9.59 Å². The lowest BCUT2D eigenvalue weighted by Gasteiger charge is -2.01. The van der Waals surface area contributed by atoms with Crippen LogP contribution in [0.2, 0.25) is 0 Å². The van der Waals surface area contributed by atoms with Crippen molar-refractivity contribution >= 4 is 23.2 Å². The quantitative estimate of drug-likeness (QED) is 0.306. The van der Waals surface area contributed by atoms with E-state index in [0.29, 0.717) is 17.9 Å². The summed E-state index contributed by atoms with van der Waals surface area (Å²) in [5, 5.41) is 0. The molecule has 0 radical (unpaired) electrons. The molecule has 0 aliphatic carbocycles. The summed E-state index contributed by atoms with van der Waals surface area (Å²) in [5.41, 5.74) is 0.613. The van der Waals surface area contributed by atoms with Gasteiger partial charge in [0, 0.05) is 17.9 Å². The van der Waals surface area contributed by atoms with Gasteiger partial charge in [-0.15, -0.1) is 11.6 Å². The van der Waals surface area contributed by atoms with Crippen molar-refractivity contribution in [3.05, 3.63) is 35.9 Å². The highest BCUT2D eigenvalue weighted by Gasteiger charge is 2.10. The standard InChI is InChI=1S/C14H17ClO2/c15-10-6-2-5-9-13(16)11-14(17)12-7-3-1-4-8-12/h1,3-4,7-8H,2,5-6,9-11H2. The van der Waals surface area contributed by atoms with Crippen molar-refractivity contribution in [1.82, 2.24) is 0 Å². The summed E-state index contributed by atoms with van der Waals surface area (Å²) in [4.78, 5) is 23.2. The highest BCUT2D eigenvalue weighted by molar-refractivity contribution is 6.17. The second-order valence-electron chi connectivity index (χ2n) is 4.00. The Balaban J connectivity index is 2.29. The first-order valence-electron chi connectivity index (χ1n) is 5.90. The third kappa shape index (κ3) is 5.64. The van der Waals surface area contributed by atoms with E-state index in [1.54, 1.807) is 24.3 Å². The highest BCUT2D eigenvalue weighted by Crippen LogP contribution is 2.07. The maximum atomic E-state index is 11.7. The van der Waals surface area contributed by atoms with Crippen molar-refractivity contribution < 1.29 is 9.59 Å². The summed E-state index contributed by atoms with van der Waals surface area (Å²) in [5.74, 6) is 0.568. The van der Waals surface area contributed by atoms with E-state index < -0.39 is 0 Å². The first-order chi connectivity index (χ1) is 8.24. The zero-order valence-electron chi connectivity index (χ0n) is 9.82. The average Bonchev–Trinajstić information content (AvgIpc) is 2.36. The van der Waals surface area contributed by atoms with Crippen LogP contribution >= 0.6 is 11.6 Å². The zero-order chi connectivity index (χ0) is 12.5. The molecule has 0 fully saturated rings. The number of rotatable bonds is 8. The Kier molecular flexibility index (Phi) is 6.56. The van der Waals surface area contributed by atoms with Crippen LogP contribution in [0.1, 0.15) is 42.5 Å². The molecular weight excluding hydrogens is 236 g/mol. The second kappa shape index (κ2) is 8.02. The molecule has 0 heterocycles. The molecule has 0 aliphatic rings. The summed E-state index contributed by atoms with van der Waals surface area (Å²) in [6.45, 7) is 0. The summed E-state index contributed by atoms with van der Waals surface area (Å²) in [6, 6.07) is 8.94. The second-order valence-corrected chi connectivity index (χ2v) is 4.38. The Labute approximate surface area is 107 Å². The molecule has 0 atom stereocenters. The van der Waals surface area contributed by atoms with Crippen molar-refractivity contribution in [2.24, 2.45) is 0 Å². The highest BCUT2D eigenvalue weighted by atomic mass is 35.5. The smallest absolute Gasteiger partial charge is 0.170 e. The minimum Gasteiger partial charge on any atom is -0.299 e. The van der Waals surface area contributed by atoms with Crippen LogP contribution in [0.25, 0.3) is 0 Å². The molecule has 0 N–H and O–H groups in total. The van der Waals surface area contributed by atoms with E-state index in [-0.39, 0.29) is 18.0 Å². The van der Waals surface area contributed by atoms with E-state index in [4.69, 9.17) is 11.6 Å². The van der Waals surface area contributed by atoms with Gasteiger partial charge in [0.25, 0.3) is 0 Å². The summed E-state index contributed by atoms with van der Waals surface area (Å²) >= 11 is 5.54. The number of hydrogen-bond acceptors (Lipinski definition) is 2. The Morgan fingerprint density at radius 3 is 2.35 bits per heavy atom. The maximum absolute atomic E-state index is 11.7. The molecule has 92 valence electrons. The zero-order valence-corrected chi connectivity index (χ0v) is 10.6. The van der Waals surface area contributed by atoms with Gasteiger partial charge in [-0.05, 0) is 12.8 Å². The summed E-state index contributed by atoms with van der Waals surface area (Å²) in [6.07, 6.45) is 3.21. The van der Waals surface area contributed by atoms with E-state index >= 15 is 0 Å². The fourth-order valence-electron chi connectivity index (χ4n) is 1.59. The van der Waals surface area contributed by atoms with Crippen LogP contribution in [0.5, 0.6) is 0 Å². The van der Waals surface area contributed by atoms with Gasteiger partial charge in [0.15, 0.2) is 5.78 Å². The number of carbonyl (C=O) groups excluding carboxylic acids is 2. The van der Waals surface area contributed by atoms with Gasteiger partial charge in [0.1, 0.15) is 5.78 Å². The summed E-state index contributed by atoms with van der Waals surface area (Å²) < 4.78 is 0. The van der Waals surface area contributed by atoms with Crippen LogP contribution in [-0.2, 0) is 4.79 Å². The Hall–Kier alpha value is -1.15. The number of alkyl halides is 1. The summed E-state index contributed by atoms with van der Waals surface area (Å²) in [7, 11) is 0. The van der Waals surface area contributed by atoms with Gasteiger partial charge in [-0.2, -0.15) is 0 Å². The van der Waals surface area contributed by atoms with E-state index in [0.717, 1.165) is 19.3 Å². The van der Waals surface area contributed by atoms with Gasteiger partial charge in [-0.3, -0.25) is 9.59 Å². The fraction of sp³-hybridized carbons (Fsp3) is 0.429. The minimum absolute atomic E-state index is 0.0187. The lowest BCUT2D eigenvalue weighted by Crippen LogP contribution is -2.07. The molecule has 1 aromatic rings. The largest absolute Gasteiger partial charge is 0.299 e. The van der Waals surface area contributed by atoms with Crippen LogP contribution in [-0.4, -0.2) is 17.4 Å². The molecule has 0 unspecified atom stereocenters. The number of benzene rings is 1. The Morgan fingerprint density at radius 2 is 1.71 bits per heavy atom. The first kappa shape index (κ1) is 13.9. The molecule has 0 aliphatic heterocycles. The van der Waals surface area contributed by atoms with Crippen molar-refractivity contribution in [2.45, 2.75) is 32.1 Å². The van der Waals surface area contributed by atoms with Crippen molar-refractivity contribution in [2.75, 3.05) is 5.88 Å². The van der Waals surface area contributed by atoms with Crippen LogP contribution in [0.15, 0.2) is 30.3 Å². The van der Waals surface area contributed by atoms with Crippen molar-refractivity contribution in [3.63, 3.8) is 0 Å². The molecule has 1 aromatic carbocycles. The minimum atomic E-state index is -0.0899. The van der Waals surface area contributed by atoms with Gasteiger partial charge in [0.2, 0.25) is 0 Å². The van der Waals surface area contributed by atoms with E-state index in [1.165, 1.54) is 0 Å². The van der Waals surface area contributed by atoms with Crippen LogP contribution in [0.3, 0.4) is 0 Å². The van der Waals surface area contributed by atoms with Gasteiger partial charge < -0.3 is 0 Å². The van der Waals surface area contributed by atoms with E-state index in [1.807, 2.05) is 6.07 Å². The average molecular weight is 253 g/mol. The van der Waals surface area contributed by atoms with Gasteiger partial charge in [-0.25, -0.2) is 0 Å². The Bertz CT molecular complexity index is 360. The van der Waals surface area contributed by atoms with Crippen LogP contribution in [0.4, 0.5) is 0 Å². The van der Waals surface area contributed by atoms with Gasteiger partial charge in [0.05, 0.1) is 6.42 Å². The topological polar surface area (TPSA) is 34.1 Å².